The molecule has 0 aromatic heterocycles. The number of unbranched alkanes of at least 4 members (excludes halogenated alkanes) is 14. The van der Waals surface area contributed by atoms with Gasteiger partial charge in [-0.1, -0.05) is 104 Å². The summed E-state index contributed by atoms with van der Waals surface area (Å²) in [7, 11) is 1.77. The number of rotatable bonds is 22. The molecule has 0 aliphatic rings. The Morgan fingerprint density at radius 2 is 1.07 bits per heavy atom. The van der Waals surface area contributed by atoms with Crippen LogP contribution in [0.25, 0.3) is 0 Å². The fourth-order valence-electron chi connectivity index (χ4n) is 3.60. The molecule has 4 nitrogen and oxygen atoms in total. The second-order valence-corrected chi connectivity index (χ2v) is 8.44. The average molecular weight is 412 g/mol. The minimum atomic E-state index is -0.359. The topological polar surface area (TPSA) is 55.4 Å². The predicted molar refractivity (Wildman–Crippen MR) is 123 cm³/mol. The third kappa shape index (κ3) is 18.8. The van der Waals surface area contributed by atoms with E-state index in [1.807, 2.05) is 0 Å². The summed E-state index contributed by atoms with van der Waals surface area (Å²) < 4.78 is 5.33. The number of ketones is 1. The van der Waals surface area contributed by atoms with Crippen molar-refractivity contribution >= 4 is 11.8 Å². The van der Waals surface area contributed by atoms with Crippen molar-refractivity contribution in [2.24, 2.45) is 0 Å². The summed E-state index contributed by atoms with van der Waals surface area (Å²) in [5.41, 5.74) is 0. The van der Waals surface area contributed by atoms with Crippen molar-refractivity contribution in [2.45, 2.75) is 135 Å². The molecule has 0 saturated heterocycles. The Morgan fingerprint density at radius 3 is 1.52 bits per heavy atom. The second-order valence-electron chi connectivity index (χ2n) is 8.44. The molecule has 0 bridgehead atoms. The Bertz CT molecular complexity index is 384. The van der Waals surface area contributed by atoms with E-state index in [9.17, 15) is 9.59 Å². The van der Waals surface area contributed by atoms with Crippen LogP contribution < -0.4 is 5.32 Å². The van der Waals surface area contributed by atoms with Gasteiger partial charge in [-0.2, -0.15) is 0 Å². The molecule has 172 valence electrons. The summed E-state index contributed by atoms with van der Waals surface area (Å²) in [6.45, 7) is 4.63. The van der Waals surface area contributed by atoms with E-state index in [1.54, 1.807) is 7.05 Å². The monoisotopic (exact) mass is 411 g/mol. The van der Waals surface area contributed by atoms with Crippen molar-refractivity contribution < 1.29 is 14.3 Å². The maximum atomic E-state index is 12.3. The van der Waals surface area contributed by atoms with Crippen LogP contribution >= 0.6 is 0 Å². The third-order valence-electron chi connectivity index (χ3n) is 5.66. The quantitative estimate of drug-likeness (QED) is 0.158. The van der Waals surface area contributed by atoms with Gasteiger partial charge in [-0.15, -0.1) is 0 Å². The van der Waals surface area contributed by atoms with E-state index in [4.69, 9.17) is 4.74 Å². The van der Waals surface area contributed by atoms with E-state index in [0.717, 1.165) is 25.7 Å². The molecule has 0 spiro atoms. The molecule has 1 atom stereocenters. The first kappa shape index (κ1) is 28.1. The van der Waals surface area contributed by atoms with E-state index in [1.165, 1.54) is 77.0 Å². The highest BCUT2D eigenvalue weighted by atomic mass is 16.5. The van der Waals surface area contributed by atoms with Crippen LogP contribution in [0.3, 0.4) is 0 Å². The summed E-state index contributed by atoms with van der Waals surface area (Å²) in [5.74, 6) is -0.00569. The lowest BCUT2D eigenvalue weighted by Crippen LogP contribution is -2.38. The zero-order valence-corrected chi connectivity index (χ0v) is 19.7. The molecule has 1 unspecified atom stereocenters. The molecule has 0 aliphatic heterocycles. The van der Waals surface area contributed by atoms with Gasteiger partial charge in [0.05, 0.1) is 0 Å². The molecule has 0 aliphatic carbocycles. The predicted octanol–water partition coefficient (Wildman–Crippen LogP) is 6.75. The Balaban J connectivity index is 3.66. The van der Waals surface area contributed by atoms with Crippen LogP contribution in [0, 0.1) is 0 Å². The van der Waals surface area contributed by atoms with Gasteiger partial charge in [0, 0.05) is 12.8 Å². The van der Waals surface area contributed by atoms with Crippen molar-refractivity contribution in [1.82, 2.24) is 5.32 Å². The number of carbonyl (C=O) groups excluding carboxylic acids is 2. The van der Waals surface area contributed by atoms with Gasteiger partial charge in [0.15, 0.2) is 5.78 Å². The van der Waals surface area contributed by atoms with Crippen LogP contribution in [0.15, 0.2) is 0 Å². The van der Waals surface area contributed by atoms with Gasteiger partial charge < -0.3 is 10.1 Å². The summed E-state index contributed by atoms with van der Waals surface area (Å²) in [6, 6.07) is -0.359. The maximum Gasteiger partial charge on any atom is 0.305 e. The van der Waals surface area contributed by atoms with Gasteiger partial charge >= 0.3 is 5.97 Å². The summed E-state index contributed by atoms with van der Waals surface area (Å²) >= 11 is 0. The fourth-order valence-corrected chi connectivity index (χ4v) is 3.60. The molecule has 29 heavy (non-hydrogen) atoms. The Labute approximate surface area is 180 Å². The highest BCUT2D eigenvalue weighted by molar-refractivity contribution is 5.84. The van der Waals surface area contributed by atoms with Crippen LogP contribution in [0.1, 0.15) is 129 Å². The maximum absolute atomic E-state index is 12.3. The standard InChI is InChI=1S/C25H49NO3/c1-4-6-8-10-12-13-15-16-18-20-24(27)23(26-3)22-29-25(28)21-19-17-14-11-9-7-5-2/h23,26H,4-22H2,1-3H3. The van der Waals surface area contributed by atoms with Crippen molar-refractivity contribution in [2.75, 3.05) is 13.7 Å². The Kier molecular flexibility index (Phi) is 21.1. The fraction of sp³-hybridized carbons (Fsp3) is 0.920. The molecule has 0 aromatic carbocycles. The average Bonchev–Trinajstić information content (AvgIpc) is 2.72. The normalized spacial score (nSPS) is 12.1. The van der Waals surface area contributed by atoms with Crippen molar-refractivity contribution in [3.8, 4) is 0 Å². The van der Waals surface area contributed by atoms with E-state index in [0.29, 0.717) is 12.8 Å². The van der Waals surface area contributed by atoms with Crippen LogP contribution in [0.2, 0.25) is 0 Å². The number of hydrogen-bond donors (Lipinski definition) is 1. The number of esters is 1. The van der Waals surface area contributed by atoms with Crippen molar-refractivity contribution in [3.05, 3.63) is 0 Å². The van der Waals surface area contributed by atoms with Crippen molar-refractivity contribution in [1.29, 1.82) is 0 Å². The molecule has 0 amide bonds. The first-order valence-electron chi connectivity index (χ1n) is 12.5. The van der Waals surface area contributed by atoms with Gasteiger partial charge in [0.1, 0.15) is 12.6 Å². The SMILES string of the molecule is CCCCCCCCCCCC(=O)C(COC(=O)CCCCCCCCC)NC. The molecule has 0 fully saturated rings. The van der Waals surface area contributed by atoms with E-state index in [2.05, 4.69) is 19.2 Å². The van der Waals surface area contributed by atoms with E-state index in [-0.39, 0.29) is 24.4 Å². The molecule has 0 aromatic rings. The largest absolute Gasteiger partial charge is 0.464 e. The third-order valence-corrected chi connectivity index (χ3v) is 5.66. The molecule has 4 heteroatoms. The lowest BCUT2D eigenvalue weighted by molar-refractivity contribution is -0.145. The van der Waals surface area contributed by atoms with Gasteiger partial charge in [0.2, 0.25) is 0 Å². The van der Waals surface area contributed by atoms with Gasteiger partial charge in [-0.25, -0.2) is 0 Å². The number of ether oxygens (including phenoxy) is 1. The molecular formula is C25H49NO3. The number of Topliss-reactive ketones (excluding diaryl/α,β-unsaturated/α-hetero) is 1. The minimum Gasteiger partial charge on any atom is -0.464 e. The van der Waals surface area contributed by atoms with Gasteiger partial charge in [-0.3, -0.25) is 9.59 Å². The van der Waals surface area contributed by atoms with Crippen LogP contribution in [0.5, 0.6) is 0 Å². The summed E-state index contributed by atoms with van der Waals surface area (Å²) in [4.78, 5) is 24.2. The molecule has 1 N–H and O–H groups in total. The lowest BCUT2D eigenvalue weighted by atomic mass is 10.0. The molecular weight excluding hydrogens is 362 g/mol. The van der Waals surface area contributed by atoms with Crippen LogP contribution in [-0.2, 0) is 14.3 Å². The van der Waals surface area contributed by atoms with Crippen molar-refractivity contribution in [3.63, 3.8) is 0 Å². The zero-order chi connectivity index (χ0) is 21.6. The van der Waals surface area contributed by atoms with Crippen LogP contribution in [-0.4, -0.2) is 31.4 Å². The van der Waals surface area contributed by atoms with Gasteiger partial charge in [-0.05, 0) is 19.9 Å². The molecule has 0 rings (SSSR count). The first-order chi connectivity index (χ1) is 14.2. The first-order valence-corrected chi connectivity index (χ1v) is 12.5. The van der Waals surface area contributed by atoms with Crippen LogP contribution in [0.4, 0.5) is 0 Å². The van der Waals surface area contributed by atoms with E-state index < -0.39 is 0 Å². The molecule has 0 radical (unpaired) electrons. The number of likely N-dealkylation sites (N-methyl/N-ethyl adjacent to an activating group) is 1. The highest BCUT2D eigenvalue weighted by Crippen LogP contribution is 2.12. The number of carbonyl (C=O) groups is 2. The molecule has 0 heterocycles. The molecule has 0 saturated carbocycles. The smallest absolute Gasteiger partial charge is 0.305 e. The number of hydrogen-bond acceptors (Lipinski definition) is 4. The highest BCUT2D eigenvalue weighted by Gasteiger charge is 2.17. The summed E-state index contributed by atoms with van der Waals surface area (Å²) in [6.07, 6.45) is 20.6. The second kappa shape index (κ2) is 21.8. The van der Waals surface area contributed by atoms with E-state index >= 15 is 0 Å². The minimum absolute atomic E-state index is 0.166. The zero-order valence-electron chi connectivity index (χ0n) is 19.7. The lowest BCUT2D eigenvalue weighted by Gasteiger charge is -2.15. The Hall–Kier alpha value is -0.900. The number of nitrogens with one attached hydrogen (secondary N) is 1. The summed E-state index contributed by atoms with van der Waals surface area (Å²) in [5, 5.41) is 3.01. The Morgan fingerprint density at radius 1 is 0.655 bits per heavy atom. The van der Waals surface area contributed by atoms with Gasteiger partial charge in [0.25, 0.3) is 0 Å².